The van der Waals surface area contributed by atoms with Gasteiger partial charge in [0.1, 0.15) is 34.5 Å². The molecular formula is C59H72O6. The van der Waals surface area contributed by atoms with Crippen LogP contribution < -0.4 is 28.4 Å². The monoisotopic (exact) mass is 877 g/mol. The molecule has 6 aromatic rings. The van der Waals surface area contributed by atoms with E-state index in [2.05, 4.69) is 0 Å². The molecule has 0 saturated heterocycles. The molecule has 0 radical (unpaired) electrons. The number of rotatable bonds is 34. The minimum absolute atomic E-state index is 0.608. The Morgan fingerprint density at radius 1 is 0.185 bits per heavy atom. The first-order valence-electron chi connectivity index (χ1n) is 24.6. The molecule has 6 heteroatoms. The Bertz CT molecular complexity index is 1690. The van der Waals surface area contributed by atoms with Crippen LogP contribution in [0.5, 0.6) is 34.5 Å². The quantitative estimate of drug-likeness (QED) is 0.0297. The topological polar surface area (TPSA) is 55.4 Å². The van der Waals surface area contributed by atoms with Gasteiger partial charge in [0.15, 0.2) is 0 Å². The standard InChI is InChI=1S/C59H72O6/c1(2-4-6-8-10-12-14-16-36-50-58(60-52-38-24-18-25-39-52,61-53-40-26-19-27-41-53)62-54-42-28-20-29-43-54)3-5-7-9-11-13-15-17-37-51-59(63-55-44-30-21-31-45-55,64-56-46-32-22-33-47-56)65-57-48-34-23-35-49-57/h18-35,38-49H,1-17,36-37,50-51H2. The van der Waals surface area contributed by atoms with Crippen molar-refractivity contribution in [3.63, 3.8) is 0 Å². The molecule has 0 fully saturated rings. The summed E-state index contributed by atoms with van der Waals surface area (Å²) in [6.45, 7) is 0. The van der Waals surface area contributed by atoms with Gasteiger partial charge < -0.3 is 28.4 Å². The van der Waals surface area contributed by atoms with E-state index in [1.807, 2.05) is 182 Å². The average molecular weight is 877 g/mol. The van der Waals surface area contributed by atoms with E-state index in [9.17, 15) is 0 Å². The first kappa shape index (κ1) is 48.6. The molecule has 0 heterocycles. The highest BCUT2D eigenvalue weighted by atomic mass is 16.9. The number of hydrogen-bond donors (Lipinski definition) is 0. The SMILES string of the molecule is c1ccc(OC(CCCCCCCCCCCCCCCCCCCCCC(Oc2ccccc2)(Oc2ccccc2)Oc2ccccc2)(Oc2ccccc2)Oc2ccccc2)cc1. The van der Waals surface area contributed by atoms with Gasteiger partial charge in [0.25, 0.3) is 0 Å². The van der Waals surface area contributed by atoms with E-state index in [4.69, 9.17) is 28.4 Å². The molecule has 6 nitrogen and oxygen atoms in total. The second-order valence-electron chi connectivity index (χ2n) is 17.1. The van der Waals surface area contributed by atoms with Gasteiger partial charge in [-0.3, -0.25) is 0 Å². The molecule has 0 aromatic heterocycles. The van der Waals surface area contributed by atoms with Crippen molar-refractivity contribution < 1.29 is 28.4 Å². The van der Waals surface area contributed by atoms with Gasteiger partial charge in [-0.15, -0.1) is 0 Å². The Labute approximate surface area is 390 Å². The minimum Gasteiger partial charge on any atom is -0.421 e. The Kier molecular flexibility index (Phi) is 21.5. The molecule has 0 spiro atoms. The van der Waals surface area contributed by atoms with Gasteiger partial charge in [-0.05, 0) is 85.6 Å². The van der Waals surface area contributed by atoms with Gasteiger partial charge in [-0.25, -0.2) is 0 Å². The molecule has 0 N–H and O–H groups in total. The Morgan fingerprint density at radius 3 is 0.477 bits per heavy atom. The predicted molar refractivity (Wildman–Crippen MR) is 265 cm³/mol. The van der Waals surface area contributed by atoms with Gasteiger partial charge >= 0.3 is 11.9 Å². The van der Waals surface area contributed by atoms with Crippen molar-refractivity contribution in [2.45, 2.75) is 147 Å². The molecule has 0 saturated carbocycles. The van der Waals surface area contributed by atoms with E-state index >= 15 is 0 Å². The van der Waals surface area contributed by atoms with Gasteiger partial charge in [0, 0.05) is 0 Å². The Morgan fingerprint density at radius 2 is 0.323 bits per heavy atom. The van der Waals surface area contributed by atoms with Crippen LogP contribution in [0.1, 0.15) is 135 Å². The van der Waals surface area contributed by atoms with Crippen LogP contribution in [-0.4, -0.2) is 11.9 Å². The molecule has 65 heavy (non-hydrogen) atoms. The van der Waals surface area contributed by atoms with Crippen LogP contribution in [0.4, 0.5) is 0 Å². The zero-order valence-electron chi connectivity index (χ0n) is 38.6. The lowest BCUT2D eigenvalue weighted by Crippen LogP contribution is -2.48. The summed E-state index contributed by atoms with van der Waals surface area (Å²) in [5.41, 5.74) is 0. The molecule has 0 atom stereocenters. The van der Waals surface area contributed by atoms with Crippen LogP contribution in [-0.2, 0) is 0 Å². The highest BCUT2D eigenvalue weighted by Crippen LogP contribution is 2.33. The first-order valence-corrected chi connectivity index (χ1v) is 24.6. The third kappa shape index (κ3) is 19.0. The summed E-state index contributed by atoms with van der Waals surface area (Å²) in [5, 5.41) is 0. The van der Waals surface area contributed by atoms with Crippen molar-refractivity contribution in [1.29, 1.82) is 0 Å². The molecule has 0 bridgehead atoms. The van der Waals surface area contributed by atoms with Crippen molar-refractivity contribution in [3.05, 3.63) is 182 Å². The van der Waals surface area contributed by atoms with Crippen LogP contribution in [0.3, 0.4) is 0 Å². The van der Waals surface area contributed by atoms with Crippen LogP contribution in [0.15, 0.2) is 182 Å². The maximum Gasteiger partial charge on any atom is 0.417 e. The van der Waals surface area contributed by atoms with E-state index < -0.39 is 11.9 Å². The molecule has 344 valence electrons. The average Bonchev–Trinajstić information content (AvgIpc) is 3.34. The lowest BCUT2D eigenvalue weighted by atomic mass is 10.0. The van der Waals surface area contributed by atoms with Crippen molar-refractivity contribution in [3.8, 4) is 34.5 Å². The van der Waals surface area contributed by atoms with Gasteiger partial charge in [-0.2, -0.15) is 0 Å². The molecule has 6 aromatic carbocycles. The summed E-state index contributed by atoms with van der Waals surface area (Å²) >= 11 is 0. The first-order chi connectivity index (χ1) is 32.2. The van der Waals surface area contributed by atoms with Crippen molar-refractivity contribution in [2.75, 3.05) is 0 Å². The number of benzene rings is 6. The lowest BCUT2D eigenvalue weighted by molar-refractivity contribution is -0.257. The fraction of sp³-hybridized carbons (Fsp3) is 0.390. The Hall–Kier alpha value is -5.88. The van der Waals surface area contributed by atoms with E-state index in [0.29, 0.717) is 47.3 Å². The molecule has 0 amide bonds. The van der Waals surface area contributed by atoms with Crippen molar-refractivity contribution >= 4 is 0 Å². The third-order valence-electron chi connectivity index (χ3n) is 11.6. The van der Waals surface area contributed by atoms with E-state index in [-0.39, 0.29) is 0 Å². The second kappa shape index (κ2) is 28.8. The highest BCUT2D eigenvalue weighted by Gasteiger charge is 2.39. The molecule has 6 rings (SSSR count). The number of ether oxygens (including phenoxy) is 6. The van der Waals surface area contributed by atoms with Crippen LogP contribution in [0.25, 0.3) is 0 Å². The smallest absolute Gasteiger partial charge is 0.417 e. The second-order valence-corrected chi connectivity index (χ2v) is 17.1. The van der Waals surface area contributed by atoms with Crippen LogP contribution >= 0.6 is 0 Å². The highest BCUT2D eigenvalue weighted by molar-refractivity contribution is 5.28. The van der Waals surface area contributed by atoms with E-state index in [0.717, 1.165) is 25.7 Å². The molecular weight excluding hydrogens is 805 g/mol. The molecule has 0 aliphatic carbocycles. The van der Waals surface area contributed by atoms with Crippen molar-refractivity contribution in [2.24, 2.45) is 0 Å². The number of para-hydroxylation sites is 6. The minimum atomic E-state index is -1.28. The van der Waals surface area contributed by atoms with Crippen molar-refractivity contribution in [1.82, 2.24) is 0 Å². The number of unbranched alkanes of at least 4 members (excludes halogenated alkanes) is 18. The summed E-state index contributed by atoms with van der Waals surface area (Å²) in [4.78, 5) is 0. The molecule has 0 aliphatic heterocycles. The summed E-state index contributed by atoms with van der Waals surface area (Å²) in [6, 6.07) is 59.0. The summed E-state index contributed by atoms with van der Waals surface area (Å²) in [5.74, 6) is 1.74. The summed E-state index contributed by atoms with van der Waals surface area (Å²) < 4.78 is 39.3. The van der Waals surface area contributed by atoms with Gasteiger partial charge in [-0.1, -0.05) is 218 Å². The van der Waals surface area contributed by atoms with E-state index in [1.165, 1.54) is 96.3 Å². The summed E-state index contributed by atoms with van der Waals surface area (Å²) in [7, 11) is 0. The Balaban J connectivity index is 0.794. The molecule has 0 unspecified atom stereocenters. The van der Waals surface area contributed by atoms with E-state index in [1.54, 1.807) is 0 Å². The zero-order valence-corrected chi connectivity index (χ0v) is 38.6. The normalized spacial score (nSPS) is 11.4. The largest absolute Gasteiger partial charge is 0.421 e. The lowest BCUT2D eigenvalue weighted by Gasteiger charge is -2.34. The fourth-order valence-corrected chi connectivity index (χ4v) is 8.13. The van der Waals surface area contributed by atoms with Crippen LogP contribution in [0, 0.1) is 0 Å². The zero-order chi connectivity index (χ0) is 44.8. The third-order valence-corrected chi connectivity index (χ3v) is 11.6. The molecule has 0 aliphatic rings. The maximum atomic E-state index is 6.54. The van der Waals surface area contributed by atoms with Crippen LogP contribution in [0.2, 0.25) is 0 Å². The summed E-state index contributed by atoms with van der Waals surface area (Å²) in [6.07, 6.45) is 25.0. The fourth-order valence-electron chi connectivity index (χ4n) is 8.13. The predicted octanol–water partition coefficient (Wildman–Crippen LogP) is 17.0. The van der Waals surface area contributed by atoms with Gasteiger partial charge in [0.05, 0.1) is 12.8 Å². The van der Waals surface area contributed by atoms with Gasteiger partial charge in [0.2, 0.25) is 0 Å². The maximum absolute atomic E-state index is 6.54. The number of hydrogen-bond acceptors (Lipinski definition) is 6.